The molecule has 0 fully saturated rings. The molecule has 0 aliphatic carbocycles. The Bertz CT molecular complexity index is 979. The number of anilines is 1. The molecule has 0 atom stereocenters. The summed E-state index contributed by atoms with van der Waals surface area (Å²) in [4.78, 5) is 14.7. The molecule has 3 heterocycles. The van der Waals surface area contributed by atoms with Crippen molar-refractivity contribution in [2.45, 2.75) is 0 Å². The van der Waals surface area contributed by atoms with Crippen LogP contribution in [-0.4, -0.2) is 26.6 Å². The van der Waals surface area contributed by atoms with E-state index < -0.39 is 0 Å². The Labute approximate surface area is 154 Å². The smallest absolute Gasteiger partial charge is 0.237 e. The third-order valence-corrected chi connectivity index (χ3v) is 4.89. The minimum Gasteiger partial charge on any atom is -0.372 e. The third kappa shape index (κ3) is 3.01. The Morgan fingerprint density at radius 2 is 1.96 bits per heavy atom. The number of benzene rings is 1. The monoisotopic (exact) mass is 367 g/mol. The van der Waals surface area contributed by atoms with Crippen molar-refractivity contribution < 1.29 is 0 Å². The van der Waals surface area contributed by atoms with Gasteiger partial charge in [0.25, 0.3) is 0 Å². The second kappa shape index (κ2) is 6.66. The maximum atomic E-state index is 6.05. The molecule has 0 aliphatic heterocycles. The average Bonchev–Trinajstić information content (AvgIpc) is 3.35. The summed E-state index contributed by atoms with van der Waals surface area (Å²) in [6, 6.07) is 11.8. The molecule has 0 aliphatic rings. The summed E-state index contributed by atoms with van der Waals surface area (Å²) in [5, 5.41) is 5.94. The van der Waals surface area contributed by atoms with Gasteiger partial charge in [-0.3, -0.25) is 4.57 Å². The summed E-state index contributed by atoms with van der Waals surface area (Å²) in [6.45, 7) is 0. The number of aromatic nitrogens is 4. The lowest BCUT2D eigenvalue weighted by molar-refractivity contribution is 0.931. The van der Waals surface area contributed by atoms with E-state index in [4.69, 9.17) is 16.6 Å². The fourth-order valence-electron chi connectivity index (χ4n) is 2.59. The average molecular weight is 368 g/mol. The number of thiophene rings is 1. The van der Waals surface area contributed by atoms with Crippen LogP contribution in [0.5, 0.6) is 0 Å². The van der Waals surface area contributed by atoms with Crippen molar-refractivity contribution in [3.8, 4) is 27.6 Å². The summed E-state index contributed by atoms with van der Waals surface area (Å²) in [6.07, 6.45) is 5.22. The highest BCUT2D eigenvalue weighted by Crippen LogP contribution is 2.38. The van der Waals surface area contributed by atoms with Crippen molar-refractivity contribution in [2.24, 2.45) is 0 Å². The van der Waals surface area contributed by atoms with Crippen LogP contribution in [0.2, 0.25) is 5.02 Å². The molecule has 25 heavy (non-hydrogen) atoms. The van der Waals surface area contributed by atoms with Crippen molar-refractivity contribution >= 4 is 28.8 Å². The highest BCUT2D eigenvalue weighted by molar-refractivity contribution is 7.13. The van der Waals surface area contributed by atoms with Crippen LogP contribution in [0.15, 0.2) is 60.5 Å². The van der Waals surface area contributed by atoms with E-state index in [-0.39, 0.29) is 0 Å². The molecule has 0 unspecified atom stereocenters. The van der Waals surface area contributed by atoms with Crippen molar-refractivity contribution in [3.63, 3.8) is 0 Å². The van der Waals surface area contributed by atoms with Gasteiger partial charge < -0.3 is 5.32 Å². The minimum absolute atomic E-state index is 0.562. The van der Waals surface area contributed by atoms with E-state index >= 15 is 0 Å². The summed E-state index contributed by atoms with van der Waals surface area (Å²) in [7, 11) is 1.86. The SMILES string of the molecule is CNc1nc(-n2ccnc2)nc(-c2ccc(Cl)cc2)c1-c1cccs1. The zero-order valence-electron chi connectivity index (χ0n) is 13.3. The highest BCUT2D eigenvalue weighted by atomic mass is 35.5. The Balaban J connectivity index is 2.00. The van der Waals surface area contributed by atoms with Gasteiger partial charge in [0.2, 0.25) is 5.95 Å². The van der Waals surface area contributed by atoms with E-state index in [0.29, 0.717) is 11.0 Å². The molecular weight excluding hydrogens is 354 g/mol. The summed E-state index contributed by atoms with van der Waals surface area (Å²) in [5.41, 5.74) is 2.80. The van der Waals surface area contributed by atoms with Crippen molar-refractivity contribution in [1.29, 1.82) is 0 Å². The van der Waals surface area contributed by atoms with Crippen molar-refractivity contribution in [2.75, 3.05) is 12.4 Å². The molecule has 0 bridgehead atoms. The molecule has 0 saturated heterocycles. The first-order chi connectivity index (χ1) is 12.3. The summed E-state index contributed by atoms with van der Waals surface area (Å²) >= 11 is 7.71. The van der Waals surface area contributed by atoms with Crippen molar-refractivity contribution in [3.05, 3.63) is 65.5 Å². The lowest BCUT2D eigenvalue weighted by atomic mass is 10.0. The maximum absolute atomic E-state index is 6.05. The maximum Gasteiger partial charge on any atom is 0.237 e. The lowest BCUT2D eigenvalue weighted by Crippen LogP contribution is -2.06. The molecule has 1 aromatic carbocycles. The van der Waals surface area contributed by atoms with Gasteiger partial charge in [-0.05, 0) is 23.6 Å². The van der Waals surface area contributed by atoms with Gasteiger partial charge in [0.1, 0.15) is 12.1 Å². The predicted molar refractivity (Wildman–Crippen MR) is 102 cm³/mol. The zero-order valence-corrected chi connectivity index (χ0v) is 14.9. The number of imidazole rings is 1. The highest BCUT2D eigenvalue weighted by Gasteiger charge is 2.18. The first-order valence-electron chi connectivity index (χ1n) is 7.64. The number of hydrogen-bond acceptors (Lipinski definition) is 5. The van der Waals surface area contributed by atoms with Crippen molar-refractivity contribution in [1.82, 2.24) is 19.5 Å². The van der Waals surface area contributed by atoms with Gasteiger partial charge in [0.15, 0.2) is 0 Å². The molecule has 0 radical (unpaired) electrons. The Morgan fingerprint density at radius 1 is 1.12 bits per heavy atom. The Kier molecular flexibility index (Phi) is 4.21. The molecule has 1 N–H and O–H groups in total. The van der Waals surface area contributed by atoms with Gasteiger partial charge in [-0.15, -0.1) is 11.3 Å². The molecule has 7 heteroatoms. The van der Waals surface area contributed by atoms with Gasteiger partial charge in [-0.1, -0.05) is 29.8 Å². The lowest BCUT2D eigenvalue weighted by Gasteiger charge is -2.14. The Hall–Kier alpha value is -2.70. The molecule has 3 aromatic heterocycles. The first kappa shape index (κ1) is 15.8. The molecular formula is C18H14ClN5S. The summed E-state index contributed by atoms with van der Waals surface area (Å²) in [5.74, 6) is 1.33. The fourth-order valence-corrected chi connectivity index (χ4v) is 3.49. The van der Waals surface area contributed by atoms with Gasteiger partial charge in [-0.2, -0.15) is 4.98 Å². The molecule has 4 rings (SSSR count). The van der Waals surface area contributed by atoms with Crippen LogP contribution in [0.25, 0.3) is 27.6 Å². The molecule has 0 spiro atoms. The van der Waals surface area contributed by atoms with Crippen LogP contribution in [0.3, 0.4) is 0 Å². The molecule has 4 aromatic rings. The van der Waals surface area contributed by atoms with Crippen LogP contribution in [-0.2, 0) is 0 Å². The van der Waals surface area contributed by atoms with Gasteiger partial charge in [0, 0.05) is 34.9 Å². The van der Waals surface area contributed by atoms with Crippen LogP contribution in [0, 0.1) is 0 Å². The van der Waals surface area contributed by atoms with Gasteiger partial charge in [-0.25, -0.2) is 9.97 Å². The molecule has 0 amide bonds. The number of rotatable bonds is 4. The first-order valence-corrected chi connectivity index (χ1v) is 8.90. The zero-order chi connectivity index (χ0) is 17.2. The standard InChI is InChI=1S/C18H14ClN5S/c1-20-17-15(14-3-2-10-25-14)16(12-4-6-13(19)7-5-12)22-18(23-17)24-9-8-21-11-24/h2-11H,1H3,(H,20,22,23). The number of nitrogens with zero attached hydrogens (tertiary/aromatic N) is 4. The normalized spacial score (nSPS) is 10.8. The molecule has 5 nitrogen and oxygen atoms in total. The van der Waals surface area contributed by atoms with E-state index in [1.165, 1.54) is 0 Å². The number of nitrogens with one attached hydrogen (secondary N) is 1. The molecule has 124 valence electrons. The van der Waals surface area contributed by atoms with E-state index in [1.807, 2.05) is 49.0 Å². The van der Waals surface area contributed by atoms with E-state index in [2.05, 4.69) is 21.4 Å². The fraction of sp³-hybridized carbons (Fsp3) is 0.0556. The quantitative estimate of drug-likeness (QED) is 0.565. The second-order valence-electron chi connectivity index (χ2n) is 5.30. The van der Waals surface area contributed by atoms with E-state index in [0.717, 1.165) is 27.5 Å². The largest absolute Gasteiger partial charge is 0.372 e. The van der Waals surface area contributed by atoms with E-state index in [1.54, 1.807) is 28.4 Å². The van der Waals surface area contributed by atoms with Crippen LogP contribution in [0.4, 0.5) is 5.82 Å². The van der Waals surface area contributed by atoms with Gasteiger partial charge >= 0.3 is 0 Å². The van der Waals surface area contributed by atoms with Crippen LogP contribution >= 0.6 is 22.9 Å². The third-order valence-electron chi connectivity index (χ3n) is 3.75. The summed E-state index contributed by atoms with van der Waals surface area (Å²) < 4.78 is 1.79. The Morgan fingerprint density at radius 3 is 2.60 bits per heavy atom. The second-order valence-corrected chi connectivity index (χ2v) is 6.68. The predicted octanol–water partition coefficient (Wildman–Crippen LogP) is 4.75. The van der Waals surface area contributed by atoms with Crippen LogP contribution in [0.1, 0.15) is 0 Å². The number of hydrogen-bond donors (Lipinski definition) is 1. The topological polar surface area (TPSA) is 55.6 Å². The van der Waals surface area contributed by atoms with Gasteiger partial charge in [0.05, 0.1) is 11.3 Å². The minimum atomic E-state index is 0.562. The number of halogens is 1. The van der Waals surface area contributed by atoms with Crippen LogP contribution < -0.4 is 5.32 Å². The molecule has 0 saturated carbocycles. The van der Waals surface area contributed by atoms with E-state index in [9.17, 15) is 0 Å².